The molecule has 21 heteroatoms. The van der Waals surface area contributed by atoms with Gasteiger partial charge < -0.3 is 30.1 Å². The minimum atomic E-state index is -1.31. The maximum absolute atomic E-state index is 13.4. The number of anilines is 2. The third-order valence-electron chi connectivity index (χ3n) is 11.3. The quantitative estimate of drug-likeness (QED) is 0.0790. The van der Waals surface area contributed by atoms with Gasteiger partial charge in [-0.2, -0.15) is 0 Å². The number of aromatic nitrogens is 10. The molecular weight excluding hydrogens is 908 g/mol. The highest BCUT2D eigenvalue weighted by Gasteiger charge is 2.21. The Hall–Kier alpha value is -5.12. The normalized spacial score (nSPS) is 16.4. The van der Waals surface area contributed by atoms with Gasteiger partial charge in [-0.15, -0.1) is 11.8 Å². The first-order chi connectivity index (χ1) is 31.8. The van der Waals surface area contributed by atoms with Gasteiger partial charge in [0, 0.05) is 61.5 Å². The number of H-pyrrole nitrogens is 2. The maximum atomic E-state index is 13.4. The molecule has 10 rings (SSSR count). The first kappa shape index (κ1) is 45.1. The number of aromatic amines is 2. The van der Waals surface area contributed by atoms with Crippen molar-refractivity contribution < 1.29 is 13.7 Å². The molecule has 4 N–H and O–H groups in total. The average Bonchev–Trinajstić information content (AvgIpc) is 4.03. The lowest BCUT2D eigenvalue weighted by Gasteiger charge is -2.26. The fourth-order valence-electron chi connectivity index (χ4n) is 7.75. The van der Waals surface area contributed by atoms with Gasteiger partial charge in [0.2, 0.25) is 0 Å². The van der Waals surface area contributed by atoms with Crippen LogP contribution in [0.3, 0.4) is 0 Å². The Balaban J connectivity index is 0.000000164. The zero-order chi connectivity index (χ0) is 44.7. The van der Waals surface area contributed by atoms with E-state index in [4.69, 9.17) is 42.6 Å². The van der Waals surface area contributed by atoms with Crippen LogP contribution < -0.4 is 10.6 Å². The molecule has 2 aliphatic rings. The molecular formula is C44H48Cl2N14O3S2. The number of nitrogens with zero attached hydrogens (tertiary/aromatic N) is 10. The van der Waals surface area contributed by atoms with E-state index in [1.165, 1.54) is 12.7 Å². The number of hydrogen-bond donors (Lipinski definition) is 4. The molecule has 3 atom stereocenters. The number of pyridine rings is 2. The van der Waals surface area contributed by atoms with Crippen molar-refractivity contribution in [2.24, 2.45) is 0 Å². The molecule has 2 fully saturated rings. The first-order valence-electron chi connectivity index (χ1n) is 21.4. The minimum Gasteiger partial charge on any atom is -0.379 e. The lowest BCUT2D eigenvalue weighted by atomic mass is 10.1. The minimum absolute atomic E-state index is 0.0709. The van der Waals surface area contributed by atoms with Gasteiger partial charge in [-0.25, -0.2) is 39.9 Å². The number of imidazole rings is 2. The number of morpholine rings is 2. The van der Waals surface area contributed by atoms with Crippen LogP contribution in [-0.4, -0.2) is 141 Å². The van der Waals surface area contributed by atoms with Crippen LogP contribution in [0.2, 0.25) is 10.0 Å². The molecule has 0 spiro atoms. The van der Waals surface area contributed by atoms with Crippen molar-refractivity contribution in [2.75, 3.05) is 87.8 Å². The lowest BCUT2D eigenvalue weighted by molar-refractivity contribution is 0.0409. The highest BCUT2D eigenvalue weighted by molar-refractivity contribution is 7.99. The Morgan fingerprint density at radius 3 is 1.82 bits per heavy atom. The van der Waals surface area contributed by atoms with E-state index in [9.17, 15) is 4.21 Å². The summed E-state index contributed by atoms with van der Waals surface area (Å²) in [6, 6.07) is 15.5. The molecule has 0 saturated carbocycles. The van der Waals surface area contributed by atoms with E-state index in [1.54, 1.807) is 24.4 Å². The molecule has 2 aromatic carbocycles. The molecule has 0 bridgehead atoms. The van der Waals surface area contributed by atoms with Crippen LogP contribution >= 0.6 is 35.0 Å². The molecule has 0 radical (unpaired) electrons. The predicted octanol–water partition coefficient (Wildman–Crippen LogP) is 7.32. The van der Waals surface area contributed by atoms with Crippen LogP contribution in [0.1, 0.15) is 37.3 Å². The molecule has 0 aliphatic carbocycles. The molecule has 8 heterocycles. The smallest absolute Gasteiger partial charge is 0.182 e. The number of halogens is 2. The second kappa shape index (κ2) is 21.0. The molecule has 2 saturated heterocycles. The summed E-state index contributed by atoms with van der Waals surface area (Å²) >= 11 is 14.9. The fraction of sp³-hybridized carbons (Fsp3) is 0.364. The average molecular weight is 956 g/mol. The Labute approximate surface area is 391 Å². The Bertz CT molecular complexity index is 2930. The third-order valence-corrected chi connectivity index (χ3v) is 14.2. The summed E-state index contributed by atoms with van der Waals surface area (Å²) in [5, 5.41) is 13.3. The second-order valence-corrected chi connectivity index (χ2v) is 18.9. The van der Waals surface area contributed by atoms with Gasteiger partial charge in [0.05, 0.1) is 83.4 Å². The summed E-state index contributed by atoms with van der Waals surface area (Å²) in [5.41, 5.74) is 4.41. The largest absolute Gasteiger partial charge is 0.379 e. The third kappa shape index (κ3) is 10.6. The lowest BCUT2D eigenvalue weighted by Crippen LogP contribution is -2.38. The van der Waals surface area contributed by atoms with Crippen molar-refractivity contribution in [3.8, 4) is 0 Å². The standard InChI is InChI=1S/C22H24ClN7O2S.C22H24ClN7OS/c1-14(28-21-19-20(25-12-24-19)26-13-27-21)17-11-15-3-2-4-16(23)18(15)22(29-17)33(31)10-7-30-5-8-32-9-6-30;1-14(28-21-19-20(25-12-24-19)26-13-27-21)17-11-15-3-2-4-16(23)18(15)22(29-17)32-10-7-30-5-8-31-9-6-30/h2-4,11-14H,5-10H2,1H3,(H2,24,25,26,27,28);2-4,11-14H,5-10H2,1H3,(H2,24,25,26,27,28)/t14-,33?;14-/m00/s1. The monoisotopic (exact) mass is 954 g/mol. The van der Waals surface area contributed by atoms with Crippen LogP contribution in [0, 0.1) is 0 Å². The number of thioether (sulfide) groups is 1. The van der Waals surface area contributed by atoms with Crippen molar-refractivity contribution in [3.05, 3.63) is 95.3 Å². The van der Waals surface area contributed by atoms with Crippen molar-refractivity contribution >= 4 is 101 Å². The van der Waals surface area contributed by atoms with E-state index < -0.39 is 10.8 Å². The van der Waals surface area contributed by atoms with E-state index in [2.05, 4.69) is 79.4 Å². The van der Waals surface area contributed by atoms with Crippen molar-refractivity contribution in [3.63, 3.8) is 0 Å². The maximum Gasteiger partial charge on any atom is 0.182 e. The van der Waals surface area contributed by atoms with E-state index >= 15 is 0 Å². The number of benzene rings is 2. The first-order valence-corrected chi connectivity index (χ1v) is 24.5. The SMILES string of the molecule is C[C@H](Nc1ncnc2nc[nH]c12)c1cc2cccc(Cl)c2c(S(=O)CCN2CCOCC2)n1.C[C@H](Nc1ncnc2nc[nH]c12)c1cc2cccc(Cl)c2c(SCCN2CCOCC2)n1. The molecule has 6 aromatic heterocycles. The summed E-state index contributed by atoms with van der Waals surface area (Å²) in [6.45, 7) is 12.5. The van der Waals surface area contributed by atoms with Gasteiger partial charge in [0.1, 0.15) is 33.7 Å². The van der Waals surface area contributed by atoms with Crippen molar-refractivity contribution in [1.29, 1.82) is 0 Å². The van der Waals surface area contributed by atoms with Crippen molar-refractivity contribution in [2.45, 2.75) is 36.0 Å². The number of rotatable bonds is 14. The highest BCUT2D eigenvalue weighted by atomic mass is 35.5. The Kier molecular flexibility index (Phi) is 14.6. The van der Waals surface area contributed by atoms with Gasteiger partial charge in [0.15, 0.2) is 22.9 Å². The van der Waals surface area contributed by atoms with Gasteiger partial charge in [-0.1, -0.05) is 47.5 Å². The molecule has 2 aliphatic heterocycles. The molecule has 1 unspecified atom stereocenters. The summed E-state index contributed by atoms with van der Waals surface area (Å²) in [4.78, 5) is 46.1. The number of nitrogens with one attached hydrogen (secondary N) is 4. The fourth-order valence-corrected chi connectivity index (χ4v) is 10.8. The van der Waals surface area contributed by atoms with Crippen LogP contribution in [0.4, 0.5) is 11.6 Å². The Morgan fingerprint density at radius 1 is 0.708 bits per heavy atom. The van der Waals surface area contributed by atoms with Crippen LogP contribution in [0.25, 0.3) is 43.9 Å². The topological polar surface area (TPSA) is 201 Å². The van der Waals surface area contributed by atoms with Gasteiger partial charge in [0.25, 0.3) is 0 Å². The van der Waals surface area contributed by atoms with Crippen LogP contribution in [-0.2, 0) is 20.3 Å². The summed E-state index contributed by atoms with van der Waals surface area (Å²) < 4.78 is 24.3. The van der Waals surface area contributed by atoms with Crippen LogP contribution in [0.15, 0.2) is 83.9 Å². The predicted molar refractivity (Wildman–Crippen MR) is 257 cm³/mol. The summed E-state index contributed by atoms with van der Waals surface area (Å²) in [5.74, 6) is 2.76. The summed E-state index contributed by atoms with van der Waals surface area (Å²) in [6.07, 6.45) is 6.19. The van der Waals surface area contributed by atoms with Gasteiger partial charge in [-0.05, 0) is 48.9 Å². The zero-order valence-corrected chi connectivity index (χ0v) is 39.0. The molecule has 0 amide bonds. The number of hydrogen-bond acceptors (Lipinski definition) is 16. The van der Waals surface area contributed by atoms with E-state index in [1.807, 2.05) is 43.3 Å². The molecule has 65 heavy (non-hydrogen) atoms. The van der Waals surface area contributed by atoms with Gasteiger partial charge >= 0.3 is 0 Å². The van der Waals surface area contributed by atoms with E-state index in [0.717, 1.165) is 112 Å². The highest BCUT2D eigenvalue weighted by Crippen LogP contribution is 2.35. The second-order valence-electron chi connectivity index (χ2n) is 15.6. The van der Waals surface area contributed by atoms with E-state index in [0.29, 0.717) is 51.9 Å². The van der Waals surface area contributed by atoms with Gasteiger partial charge in [-0.3, -0.25) is 14.0 Å². The Morgan fingerprint density at radius 2 is 1.23 bits per heavy atom. The molecule has 8 aromatic rings. The molecule has 17 nitrogen and oxygen atoms in total. The van der Waals surface area contributed by atoms with Crippen molar-refractivity contribution in [1.82, 2.24) is 59.6 Å². The van der Waals surface area contributed by atoms with E-state index in [-0.39, 0.29) is 12.1 Å². The van der Waals surface area contributed by atoms with Crippen LogP contribution in [0.5, 0.6) is 0 Å². The molecule has 338 valence electrons. The summed E-state index contributed by atoms with van der Waals surface area (Å²) in [7, 11) is -1.31. The number of fused-ring (bicyclic) bond motifs is 4. The number of ether oxygens (including phenoxy) is 2. The zero-order valence-electron chi connectivity index (χ0n) is 35.8.